The molecule has 22 heavy (non-hydrogen) atoms. The SMILES string of the molecule is CCCCC12CCC(=O)C=C1c1cc(Cl)c(OC)c(F)c1C2. The smallest absolute Gasteiger partial charge is 0.173 e. The van der Waals surface area contributed by atoms with E-state index in [-0.39, 0.29) is 27.8 Å². The van der Waals surface area contributed by atoms with Gasteiger partial charge in [-0.1, -0.05) is 31.4 Å². The van der Waals surface area contributed by atoms with E-state index in [1.165, 1.54) is 7.11 Å². The van der Waals surface area contributed by atoms with Gasteiger partial charge >= 0.3 is 0 Å². The zero-order valence-electron chi connectivity index (χ0n) is 13.0. The third-order valence-electron chi connectivity index (χ3n) is 5.02. The predicted octanol–water partition coefficient (Wildman–Crippen LogP) is 4.97. The maximum absolute atomic E-state index is 14.7. The molecule has 0 saturated heterocycles. The molecule has 1 unspecified atom stereocenters. The van der Waals surface area contributed by atoms with Crippen LogP contribution >= 0.6 is 11.6 Å². The molecule has 1 atom stereocenters. The average Bonchev–Trinajstić information content (AvgIpc) is 2.81. The molecule has 118 valence electrons. The van der Waals surface area contributed by atoms with Crippen LogP contribution < -0.4 is 4.74 Å². The first-order valence-electron chi connectivity index (χ1n) is 7.82. The second-order valence-corrected chi connectivity index (χ2v) is 6.72. The van der Waals surface area contributed by atoms with Crippen LogP contribution in [-0.2, 0) is 11.2 Å². The van der Waals surface area contributed by atoms with Crippen LogP contribution in [0, 0.1) is 11.2 Å². The Balaban J connectivity index is 2.15. The third-order valence-corrected chi connectivity index (χ3v) is 5.30. The van der Waals surface area contributed by atoms with Crippen LogP contribution in [0.3, 0.4) is 0 Å². The number of methoxy groups -OCH3 is 1. The maximum Gasteiger partial charge on any atom is 0.173 e. The molecule has 0 amide bonds. The highest BCUT2D eigenvalue weighted by Crippen LogP contribution is 2.56. The summed E-state index contributed by atoms with van der Waals surface area (Å²) in [6, 6.07) is 1.76. The van der Waals surface area contributed by atoms with Crippen molar-refractivity contribution in [2.45, 2.75) is 45.4 Å². The van der Waals surface area contributed by atoms with E-state index in [1.807, 2.05) is 0 Å². The number of fused-ring (bicyclic) bond motifs is 3. The van der Waals surface area contributed by atoms with E-state index in [4.69, 9.17) is 16.3 Å². The number of ketones is 1. The monoisotopic (exact) mass is 322 g/mol. The lowest BCUT2D eigenvalue weighted by Gasteiger charge is -2.33. The number of allylic oxidation sites excluding steroid dienone is 2. The van der Waals surface area contributed by atoms with Gasteiger partial charge in [-0.05, 0) is 42.5 Å². The van der Waals surface area contributed by atoms with Crippen molar-refractivity contribution in [1.29, 1.82) is 0 Å². The molecule has 0 saturated carbocycles. The first-order valence-corrected chi connectivity index (χ1v) is 8.20. The maximum atomic E-state index is 14.7. The Morgan fingerprint density at radius 1 is 1.45 bits per heavy atom. The minimum Gasteiger partial charge on any atom is -0.492 e. The van der Waals surface area contributed by atoms with E-state index in [9.17, 15) is 9.18 Å². The Morgan fingerprint density at radius 3 is 2.91 bits per heavy atom. The Labute approximate surface area is 135 Å². The average molecular weight is 323 g/mol. The molecule has 4 heteroatoms. The van der Waals surface area contributed by atoms with Gasteiger partial charge in [-0.3, -0.25) is 4.79 Å². The summed E-state index contributed by atoms with van der Waals surface area (Å²) in [6.07, 6.45) is 6.85. The lowest BCUT2D eigenvalue weighted by Crippen LogP contribution is -2.25. The van der Waals surface area contributed by atoms with Crippen LogP contribution in [0.4, 0.5) is 4.39 Å². The minimum absolute atomic E-state index is 0.108. The van der Waals surface area contributed by atoms with Gasteiger partial charge in [-0.15, -0.1) is 0 Å². The molecule has 0 aliphatic heterocycles. The molecule has 2 aliphatic carbocycles. The number of hydrogen-bond donors (Lipinski definition) is 0. The first-order chi connectivity index (χ1) is 10.5. The lowest BCUT2D eigenvalue weighted by atomic mass is 9.69. The summed E-state index contributed by atoms with van der Waals surface area (Å²) in [5.41, 5.74) is 2.32. The zero-order chi connectivity index (χ0) is 15.9. The molecular weight excluding hydrogens is 303 g/mol. The summed E-state index contributed by atoms with van der Waals surface area (Å²) in [5, 5.41) is 0.268. The number of hydrogen-bond acceptors (Lipinski definition) is 2. The third kappa shape index (κ3) is 2.26. The second-order valence-electron chi connectivity index (χ2n) is 6.32. The Bertz CT molecular complexity index is 666. The molecule has 0 N–H and O–H groups in total. The normalized spacial score (nSPS) is 23.1. The van der Waals surface area contributed by atoms with Gasteiger partial charge in [-0.2, -0.15) is 0 Å². The van der Waals surface area contributed by atoms with Crippen LogP contribution in [0.15, 0.2) is 12.1 Å². The summed E-state index contributed by atoms with van der Waals surface area (Å²) >= 11 is 6.15. The highest BCUT2D eigenvalue weighted by atomic mass is 35.5. The van der Waals surface area contributed by atoms with Crippen LogP contribution in [0.2, 0.25) is 5.02 Å². The number of rotatable bonds is 4. The van der Waals surface area contributed by atoms with Gasteiger partial charge in [0, 0.05) is 17.4 Å². The highest BCUT2D eigenvalue weighted by molar-refractivity contribution is 6.32. The quantitative estimate of drug-likeness (QED) is 0.782. The summed E-state index contributed by atoms with van der Waals surface area (Å²) < 4.78 is 19.8. The van der Waals surface area contributed by atoms with E-state index < -0.39 is 0 Å². The topological polar surface area (TPSA) is 26.3 Å². The molecular formula is C18H20ClFO2. The van der Waals surface area contributed by atoms with Gasteiger partial charge in [0.2, 0.25) is 0 Å². The second kappa shape index (κ2) is 5.69. The van der Waals surface area contributed by atoms with Crippen molar-refractivity contribution in [3.63, 3.8) is 0 Å². The Kier molecular flexibility index (Phi) is 4.02. The molecule has 0 aromatic heterocycles. The van der Waals surface area contributed by atoms with Crippen LogP contribution in [-0.4, -0.2) is 12.9 Å². The van der Waals surface area contributed by atoms with Crippen molar-refractivity contribution in [2.24, 2.45) is 5.41 Å². The van der Waals surface area contributed by atoms with Crippen molar-refractivity contribution in [3.8, 4) is 5.75 Å². The molecule has 0 spiro atoms. The fraction of sp³-hybridized carbons (Fsp3) is 0.500. The summed E-state index contributed by atoms with van der Waals surface area (Å²) in [7, 11) is 1.42. The standard InChI is InChI=1S/C18H20ClFO2/c1-3-4-6-18-7-5-11(21)8-14(18)12-9-15(19)17(22-2)16(20)13(12)10-18/h8-9H,3-7,10H2,1-2H3. The largest absolute Gasteiger partial charge is 0.492 e. The van der Waals surface area contributed by atoms with E-state index >= 15 is 0 Å². The van der Waals surface area contributed by atoms with E-state index in [1.54, 1.807) is 12.1 Å². The molecule has 1 aromatic rings. The lowest BCUT2D eigenvalue weighted by molar-refractivity contribution is -0.115. The van der Waals surface area contributed by atoms with Crippen molar-refractivity contribution >= 4 is 23.0 Å². The first kappa shape index (κ1) is 15.5. The van der Waals surface area contributed by atoms with Crippen molar-refractivity contribution in [3.05, 3.63) is 34.1 Å². The molecule has 1 aromatic carbocycles. The Morgan fingerprint density at radius 2 is 2.23 bits per heavy atom. The fourth-order valence-corrected chi connectivity index (χ4v) is 4.14. The molecule has 3 rings (SSSR count). The van der Waals surface area contributed by atoms with Gasteiger partial charge in [0.05, 0.1) is 12.1 Å². The predicted molar refractivity (Wildman–Crippen MR) is 85.8 cm³/mol. The van der Waals surface area contributed by atoms with E-state index in [0.29, 0.717) is 18.4 Å². The number of benzene rings is 1. The molecule has 0 radical (unpaired) electrons. The zero-order valence-corrected chi connectivity index (χ0v) is 13.7. The number of carbonyl (C=O) groups excluding carboxylic acids is 1. The van der Waals surface area contributed by atoms with Crippen LogP contribution in [0.5, 0.6) is 5.75 Å². The van der Waals surface area contributed by atoms with Crippen LogP contribution in [0.1, 0.15) is 50.2 Å². The van der Waals surface area contributed by atoms with E-state index in [2.05, 4.69) is 6.92 Å². The number of carbonyl (C=O) groups is 1. The van der Waals surface area contributed by atoms with Crippen LogP contribution in [0.25, 0.3) is 5.57 Å². The Hall–Kier alpha value is -1.35. The number of unbranched alkanes of at least 4 members (excludes halogenated alkanes) is 1. The summed E-state index contributed by atoms with van der Waals surface area (Å²) in [5.74, 6) is -0.137. The molecule has 0 heterocycles. The van der Waals surface area contributed by atoms with Crippen molar-refractivity contribution < 1.29 is 13.9 Å². The van der Waals surface area contributed by atoms with Gasteiger partial charge in [0.25, 0.3) is 0 Å². The summed E-state index contributed by atoms with van der Waals surface area (Å²) in [4.78, 5) is 11.9. The van der Waals surface area contributed by atoms with Gasteiger partial charge in [-0.25, -0.2) is 4.39 Å². The van der Waals surface area contributed by atoms with Crippen molar-refractivity contribution in [2.75, 3.05) is 7.11 Å². The summed E-state index contributed by atoms with van der Waals surface area (Å²) in [6.45, 7) is 2.15. The van der Waals surface area contributed by atoms with Crippen molar-refractivity contribution in [1.82, 2.24) is 0 Å². The minimum atomic E-state index is -0.372. The molecule has 0 bridgehead atoms. The molecule has 2 nitrogen and oxygen atoms in total. The highest BCUT2D eigenvalue weighted by Gasteiger charge is 2.45. The number of ether oxygens (including phenoxy) is 1. The van der Waals surface area contributed by atoms with Gasteiger partial charge in [0.1, 0.15) is 0 Å². The molecule has 0 fully saturated rings. The fourth-order valence-electron chi connectivity index (χ4n) is 3.87. The van der Waals surface area contributed by atoms with Gasteiger partial charge in [0.15, 0.2) is 17.3 Å². The molecule has 2 aliphatic rings. The van der Waals surface area contributed by atoms with E-state index in [0.717, 1.165) is 36.8 Å². The number of halogens is 2. The van der Waals surface area contributed by atoms with Gasteiger partial charge < -0.3 is 4.74 Å².